The van der Waals surface area contributed by atoms with Gasteiger partial charge < -0.3 is 5.73 Å². The summed E-state index contributed by atoms with van der Waals surface area (Å²) in [6.07, 6.45) is 0. The number of halogens is 1. The number of hydrogen-bond acceptors (Lipinski definition) is 4. The molecule has 1 aromatic carbocycles. The van der Waals surface area contributed by atoms with Gasteiger partial charge >= 0.3 is 0 Å². The van der Waals surface area contributed by atoms with Crippen LogP contribution in [0.5, 0.6) is 0 Å². The van der Waals surface area contributed by atoms with Crippen molar-refractivity contribution in [1.82, 2.24) is 4.31 Å². The Morgan fingerprint density at radius 3 is 2.57 bits per heavy atom. The van der Waals surface area contributed by atoms with E-state index < -0.39 is 15.8 Å². The Kier molecular flexibility index (Phi) is 4.77. The Bertz CT molecular complexity index is 741. The normalized spacial score (nSPS) is 12.0. The van der Waals surface area contributed by atoms with E-state index in [1.807, 2.05) is 6.92 Å². The standard InChI is InChI=1S/C14H17FN2O2S2/c1-10-7-14(20-13(10)8-16)21(18,19)17(2)9-11-5-3-4-6-12(11)15/h3-7H,8-9,16H2,1-2H3. The summed E-state index contributed by atoms with van der Waals surface area (Å²) >= 11 is 1.16. The maximum Gasteiger partial charge on any atom is 0.252 e. The first-order chi connectivity index (χ1) is 9.86. The van der Waals surface area contributed by atoms with Crippen LogP contribution in [0.15, 0.2) is 34.5 Å². The number of rotatable bonds is 5. The van der Waals surface area contributed by atoms with Crippen LogP contribution < -0.4 is 5.73 Å². The smallest absolute Gasteiger partial charge is 0.252 e. The van der Waals surface area contributed by atoms with Gasteiger partial charge in [0.15, 0.2) is 0 Å². The fourth-order valence-electron chi connectivity index (χ4n) is 1.92. The number of benzene rings is 1. The van der Waals surface area contributed by atoms with Crippen LogP contribution in [-0.4, -0.2) is 19.8 Å². The molecule has 0 saturated carbocycles. The van der Waals surface area contributed by atoms with E-state index in [0.29, 0.717) is 12.1 Å². The topological polar surface area (TPSA) is 63.4 Å². The van der Waals surface area contributed by atoms with Gasteiger partial charge in [-0.1, -0.05) is 18.2 Å². The van der Waals surface area contributed by atoms with Gasteiger partial charge in [0.2, 0.25) is 0 Å². The Morgan fingerprint density at radius 1 is 1.33 bits per heavy atom. The van der Waals surface area contributed by atoms with Crippen LogP contribution in [0.2, 0.25) is 0 Å². The molecule has 0 unspecified atom stereocenters. The predicted molar refractivity (Wildman–Crippen MR) is 82.0 cm³/mol. The van der Waals surface area contributed by atoms with E-state index in [1.54, 1.807) is 24.3 Å². The molecule has 0 amide bonds. The second-order valence-electron chi connectivity index (χ2n) is 4.73. The zero-order valence-electron chi connectivity index (χ0n) is 11.8. The van der Waals surface area contributed by atoms with Gasteiger partial charge in [0, 0.05) is 30.6 Å². The van der Waals surface area contributed by atoms with Crippen molar-refractivity contribution in [2.45, 2.75) is 24.2 Å². The lowest BCUT2D eigenvalue weighted by Gasteiger charge is -2.16. The molecule has 1 heterocycles. The Balaban J connectivity index is 2.28. The Morgan fingerprint density at radius 2 is 2.00 bits per heavy atom. The maximum atomic E-state index is 13.6. The van der Waals surface area contributed by atoms with Crippen molar-refractivity contribution in [2.24, 2.45) is 5.73 Å². The predicted octanol–water partition coefficient (Wildman–Crippen LogP) is 2.48. The molecule has 114 valence electrons. The van der Waals surface area contributed by atoms with E-state index in [4.69, 9.17) is 5.73 Å². The van der Waals surface area contributed by atoms with Gasteiger partial charge in [-0.3, -0.25) is 0 Å². The molecule has 0 atom stereocenters. The molecule has 0 fully saturated rings. The molecule has 4 nitrogen and oxygen atoms in total. The number of aryl methyl sites for hydroxylation is 1. The fourth-order valence-corrected chi connectivity index (χ4v) is 4.75. The average molecular weight is 328 g/mol. The van der Waals surface area contributed by atoms with Crippen LogP contribution in [0.3, 0.4) is 0 Å². The molecule has 0 spiro atoms. The minimum atomic E-state index is -3.64. The second kappa shape index (κ2) is 6.23. The molecule has 0 aliphatic carbocycles. The monoisotopic (exact) mass is 328 g/mol. The summed E-state index contributed by atoms with van der Waals surface area (Å²) in [7, 11) is -2.19. The van der Waals surface area contributed by atoms with Gasteiger partial charge in [-0.05, 0) is 24.6 Å². The molecule has 2 rings (SSSR count). The first kappa shape index (κ1) is 16.1. The van der Waals surface area contributed by atoms with Gasteiger partial charge in [-0.2, -0.15) is 4.31 Å². The highest BCUT2D eigenvalue weighted by Gasteiger charge is 2.24. The highest BCUT2D eigenvalue weighted by Crippen LogP contribution is 2.28. The number of thiophene rings is 1. The molecule has 0 aliphatic heterocycles. The summed E-state index contributed by atoms with van der Waals surface area (Å²) in [5.74, 6) is -0.412. The molecular formula is C14H17FN2O2S2. The molecule has 7 heteroatoms. The first-order valence-electron chi connectivity index (χ1n) is 6.35. The summed E-state index contributed by atoms with van der Waals surface area (Å²) in [4.78, 5) is 0.841. The van der Waals surface area contributed by atoms with Crippen LogP contribution in [0.1, 0.15) is 16.0 Å². The van der Waals surface area contributed by atoms with Crippen molar-refractivity contribution in [3.05, 3.63) is 52.2 Å². The van der Waals surface area contributed by atoms with E-state index in [0.717, 1.165) is 26.1 Å². The van der Waals surface area contributed by atoms with Crippen molar-refractivity contribution in [3.63, 3.8) is 0 Å². The van der Waals surface area contributed by atoms with Crippen molar-refractivity contribution in [2.75, 3.05) is 7.05 Å². The maximum absolute atomic E-state index is 13.6. The number of hydrogen-bond donors (Lipinski definition) is 1. The SMILES string of the molecule is Cc1cc(S(=O)(=O)N(C)Cc2ccccc2F)sc1CN. The van der Waals surface area contributed by atoms with Gasteiger partial charge in [0.05, 0.1) is 0 Å². The highest BCUT2D eigenvalue weighted by atomic mass is 32.2. The van der Waals surface area contributed by atoms with Crippen LogP contribution in [-0.2, 0) is 23.1 Å². The van der Waals surface area contributed by atoms with Crippen molar-refractivity contribution in [3.8, 4) is 0 Å². The summed E-state index contributed by atoms with van der Waals surface area (Å²) in [5, 5.41) is 0. The van der Waals surface area contributed by atoms with E-state index in [9.17, 15) is 12.8 Å². The summed E-state index contributed by atoms with van der Waals surface area (Å²) in [5.41, 5.74) is 6.78. The van der Waals surface area contributed by atoms with Crippen molar-refractivity contribution < 1.29 is 12.8 Å². The fraction of sp³-hybridized carbons (Fsp3) is 0.286. The highest BCUT2D eigenvalue weighted by molar-refractivity contribution is 7.91. The lowest BCUT2D eigenvalue weighted by atomic mass is 10.2. The van der Waals surface area contributed by atoms with Crippen LogP contribution in [0, 0.1) is 12.7 Å². The molecule has 2 aromatic rings. The lowest BCUT2D eigenvalue weighted by Crippen LogP contribution is -2.26. The average Bonchev–Trinajstić information content (AvgIpc) is 2.83. The number of nitrogens with two attached hydrogens (primary N) is 1. The number of sulfonamides is 1. The zero-order valence-corrected chi connectivity index (χ0v) is 13.5. The van der Waals surface area contributed by atoms with Crippen molar-refractivity contribution in [1.29, 1.82) is 0 Å². The lowest BCUT2D eigenvalue weighted by molar-refractivity contribution is 0.458. The number of nitrogens with zero attached hydrogens (tertiary/aromatic N) is 1. The van der Waals surface area contributed by atoms with E-state index >= 15 is 0 Å². The van der Waals surface area contributed by atoms with Crippen LogP contribution >= 0.6 is 11.3 Å². The van der Waals surface area contributed by atoms with Crippen LogP contribution in [0.25, 0.3) is 0 Å². The molecular weight excluding hydrogens is 311 g/mol. The quantitative estimate of drug-likeness (QED) is 0.917. The van der Waals surface area contributed by atoms with E-state index in [1.165, 1.54) is 13.1 Å². The van der Waals surface area contributed by atoms with Gasteiger partial charge in [0.1, 0.15) is 10.0 Å². The van der Waals surface area contributed by atoms with Gasteiger partial charge in [0.25, 0.3) is 10.0 Å². The molecule has 2 N–H and O–H groups in total. The second-order valence-corrected chi connectivity index (χ2v) is 8.14. The minimum Gasteiger partial charge on any atom is -0.326 e. The molecule has 21 heavy (non-hydrogen) atoms. The molecule has 0 bridgehead atoms. The van der Waals surface area contributed by atoms with Gasteiger partial charge in [-0.25, -0.2) is 12.8 Å². The molecule has 1 aromatic heterocycles. The van der Waals surface area contributed by atoms with Crippen molar-refractivity contribution >= 4 is 21.4 Å². The van der Waals surface area contributed by atoms with Gasteiger partial charge in [-0.15, -0.1) is 11.3 Å². The van der Waals surface area contributed by atoms with E-state index in [2.05, 4.69) is 0 Å². The summed E-state index contributed by atoms with van der Waals surface area (Å²) in [6, 6.07) is 7.76. The Labute approximate surface area is 128 Å². The first-order valence-corrected chi connectivity index (χ1v) is 8.61. The molecule has 0 saturated heterocycles. The third-order valence-electron chi connectivity index (χ3n) is 3.20. The third-order valence-corrected chi connectivity index (χ3v) is 6.71. The third kappa shape index (κ3) is 3.32. The van der Waals surface area contributed by atoms with Crippen LogP contribution in [0.4, 0.5) is 4.39 Å². The summed E-state index contributed by atoms with van der Waals surface area (Å²) in [6.45, 7) is 2.13. The zero-order chi connectivity index (χ0) is 15.6. The molecule has 0 radical (unpaired) electrons. The largest absolute Gasteiger partial charge is 0.326 e. The Hall–Kier alpha value is -1.28. The molecule has 0 aliphatic rings. The van der Waals surface area contributed by atoms with E-state index in [-0.39, 0.29) is 10.8 Å². The minimum absolute atomic E-state index is 0.0100. The summed E-state index contributed by atoms with van der Waals surface area (Å²) < 4.78 is 40.0.